The summed E-state index contributed by atoms with van der Waals surface area (Å²) in [6, 6.07) is 16.2. The van der Waals surface area contributed by atoms with Crippen LogP contribution in [0.5, 0.6) is 5.75 Å². The molecule has 1 N–H and O–H groups in total. The molecule has 0 saturated heterocycles. The number of hydrogen-bond donors (Lipinski definition) is 1. The molecule has 0 amide bonds. The molecule has 2 rings (SSSR count). The van der Waals surface area contributed by atoms with E-state index in [0.29, 0.717) is 6.61 Å². The van der Waals surface area contributed by atoms with Crippen molar-refractivity contribution < 1.29 is 4.74 Å². The first kappa shape index (κ1) is 13.9. The van der Waals surface area contributed by atoms with Crippen molar-refractivity contribution in [3.8, 4) is 5.75 Å². The second kappa shape index (κ2) is 7.19. The zero-order chi connectivity index (χ0) is 13.5. The largest absolute Gasteiger partial charge is 0.492 e. The first-order chi connectivity index (χ1) is 9.29. The van der Waals surface area contributed by atoms with Crippen LogP contribution in [-0.2, 0) is 6.42 Å². The first-order valence-electron chi connectivity index (χ1n) is 6.49. The van der Waals surface area contributed by atoms with E-state index in [2.05, 4.69) is 46.4 Å². The molecule has 0 aliphatic rings. The molecule has 0 saturated carbocycles. The van der Waals surface area contributed by atoms with Gasteiger partial charge in [0.25, 0.3) is 0 Å². The SMILES string of the molecule is CCc1cc(Br)ccc1NCCOc1ccccc1. The molecule has 0 aliphatic heterocycles. The lowest BCUT2D eigenvalue weighted by atomic mass is 10.1. The lowest BCUT2D eigenvalue weighted by Crippen LogP contribution is -2.12. The van der Waals surface area contributed by atoms with Crippen LogP contribution in [0.15, 0.2) is 53.0 Å². The fourth-order valence-electron chi connectivity index (χ4n) is 1.90. The number of hydrogen-bond acceptors (Lipinski definition) is 2. The monoisotopic (exact) mass is 319 g/mol. The third-order valence-corrected chi connectivity index (χ3v) is 3.37. The van der Waals surface area contributed by atoms with Crippen molar-refractivity contribution in [2.24, 2.45) is 0 Å². The lowest BCUT2D eigenvalue weighted by Gasteiger charge is -2.12. The summed E-state index contributed by atoms with van der Waals surface area (Å²) >= 11 is 3.50. The molecule has 100 valence electrons. The smallest absolute Gasteiger partial charge is 0.119 e. The molecule has 2 aromatic carbocycles. The highest BCUT2D eigenvalue weighted by Crippen LogP contribution is 2.21. The van der Waals surface area contributed by atoms with Gasteiger partial charge in [-0.1, -0.05) is 41.1 Å². The lowest BCUT2D eigenvalue weighted by molar-refractivity contribution is 0.333. The van der Waals surface area contributed by atoms with E-state index in [4.69, 9.17) is 4.74 Å². The molecule has 0 atom stereocenters. The van der Waals surface area contributed by atoms with Gasteiger partial charge in [-0.05, 0) is 42.3 Å². The quantitative estimate of drug-likeness (QED) is 0.791. The first-order valence-corrected chi connectivity index (χ1v) is 7.29. The van der Waals surface area contributed by atoms with Gasteiger partial charge in [0.05, 0.1) is 0 Å². The average molecular weight is 320 g/mol. The molecule has 0 aliphatic carbocycles. The van der Waals surface area contributed by atoms with Crippen molar-refractivity contribution in [2.75, 3.05) is 18.5 Å². The van der Waals surface area contributed by atoms with E-state index in [1.807, 2.05) is 30.3 Å². The maximum atomic E-state index is 5.65. The minimum Gasteiger partial charge on any atom is -0.492 e. The van der Waals surface area contributed by atoms with Crippen LogP contribution < -0.4 is 10.1 Å². The topological polar surface area (TPSA) is 21.3 Å². The molecule has 19 heavy (non-hydrogen) atoms. The van der Waals surface area contributed by atoms with Gasteiger partial charge in [-0.25, -0.2) is 0 Å². The van der Waals surface area contributed by atoms with Crippen LogP contribution in [0.25, 0.3) is 0 Å². The minimum absolute atomic E-state index is 0.656. The zero-order valence-corrected chi connectivity index (χ0v) is 12.6. The molecule has 2 nitrogen and oxygen atoms in total. The number of halogens is 1. The standard InChI is InChI=1S/C16H18BrNO/c1-2-13-12-14(17)8-9-16(13)18-10-11-19-15-6-4-3-5-7-15/h3-9,12,18H,2,10-11H2,1H3. The Morgan fingerprint density at radius 3 is 2.63 bits per heavy atom. The van der Waals surface area contributed by atoms with E-state index in [0.717, 1.165) is 23.2 Å². The van der Waals surface area contributed by atoms with Crippen LogP contribution in [-0.4, -0.2) is 13.2 Å². The van der Waals surface area contributed by atoms with Crippen LogP contribution in [0.4, 0.5) is 5.69 Å². The summed E-state index contributed by atoms with van der Waals surface area (Å²) in [5, 5.41) is 3.42. The number of rotatable bonds is 6. The Bertz CT molecular complexity index is 513. The summed E-state index contributed by atoms with van der Waals surface area (Å²) in [5.74, 6) is 0.913. The second-order valence-corrected chi connectivity index (χ2v) is 5.16. The predicted molar refractivity (Wildman–Crippen MR) is 83.9 cm³/mol. The maximum absolute atomic E-state index is 5.65. The second-order valence-electron chi connectivity index (χ2n) is 4.24. The van der Waals surface area contributed by atoms with Gasteiger partial charge in [-0.2, -0.15) is 0 Å². The van der Waals surface area contributed by atoms with Gasteiger partial charge in [0.2, 0.25) is 0 Å². The number of nitrogens with one attached hydrogen (secondary N) is 1. The van der Waals surface area contributed by atoms with E-state index in [9.17, 15) is 0 Å². The molecule has 0 spiro atoms. The highest BCUT2D eigenvalue weighted by atomic mass is 79.9. The van der Waals surface area contributed by atoms with Crippen LogP contribution >= 0.6 is 15.9 Å². The van der Waals surface area contributed by atoms with Gasteiger partial charge in [-0.3, -0.25) is 0 Å². The molecule has 2 aromatic rings. The Labute approximate surface area is 122 Å². The molecular formula is C16H18BrNO. The van der Waals surface area contributed by atoms with Crippen molar-refractivity contribution in [3.05, 3.63) is 58.6 Å². The van der Waals surface area contributed by atoms with Crippen molar-refractivity contribution in [1.29, 1.82) is 0 Å². The van der Waals surface area contributed by atoms with Gasteiger partial charge < -0.3 is 10.1 Å². The summed E-state index contributed by atoms with van der Waals surface area (Å²) in [7, 11) is 0. The van der Waals surface area contributed by atoms with Gasteiger partial charge in [0, 0.05) is 16.7 Å². The molecule has 0 heterocycles. The Kier molecular flexibility index (Phi) is 5.28. The van der Waals surface area contributed by atoms with Gasteiger partial charge >= 0.3 is 0 Å². The number of ether oxygens (including phenoxy) is 1. The third-order valence-electron chi connectivity index (χ3n) is 2.88. The molecule has 0 fully saturated rings. The van der Waals surface area contributed by atoms with Crippen LogP contribution in [0.1, 0.15) is 12.5 Å². The zero-order valence-electron chi connectivity index (χ0n) is 11.0. The third kappa shape index (κ3) is 4.28. The maximum Gasteiger partial charge on any atom is 0.119 e. The van der Waals surface area contributed by atoms with Crippen LogP contribution in [0.3, 0.4) is 0 Å². The number of aryl methyl sites for hydroxylation is 1. The van der Waals surface area contributed by atoms with Crippen molar-refractivity contribution >= 4 is 21.6 Å². The summed E-state index contributed by atoms with van der Waals surface area (Å²) < 4.78 is 6.77. The van der Waals surface area contributed by atoms with Crippen LogP contribution in [0, 0.1) is 0 Å². The Balaban J connectivity index is 1.83. The summed E-state index contributed by atoms with van der Waals surface area (Å²) in [4.78, 5) is 0. The Hall–Kier alpha value is -1.48. The normalized spacial score (nSPS) is 10.2. The van der Waals surface area contributed by atoms with Crippen molar-refractivity contribution in [3.63, 3.8) is 0 Å². The van der Waals surface area contributed by atoms with Gasteiger partial charge in [-0.15, -0.1) is 0 Å². The fraction of sp³-hybridized carbons (Fsp3) is 0.250. The molecule has 0 unspecified atom stereocenters. The highest BCUT2D eigenvalue weighted by molar-refractivity contribution is 9.10. The number of benzene rings is 2. The van der Waals surface area contributed by atoms with Crippen molar-refractivity contribution in [1.82, 2.24) is 0 Å². The van der Waals surface area contributed by atoms with E-state index in [1.165, 1.54) is 11.3 Å². The van der Waals surface area contributed by atoms with Gasteiger partial charge in [0.1, 0.15) is 12.4 Å². The predicted octanol–water partition coefficient (Wildman–Crippen LogP) is 4.50. The number of anilines is 1. The van der Waals surface area contributed by atoms with E-state index in [1.54, 1.807) is 0 Å². The molecular weight excluding hydrogens is 302 g/mol. The van der Waals surface area contributed by atoms with E-state index < -0.39 is 0 Å². The summed E-state index contributed by atoms with van der Waals surface area (Å²) in [6.07, 6.45) is 1.02. The summed E-state index contributed by atoms with van der Waals surface area (Å²) in [6.45, 7) is 3.61. The van der Waals surface area contributed by atoms with Gasteiger partial charge in [0.15, 0.2) is 0 Å². The van der Waals surface area contributed by atoms with Crippen molar-refractivity contribution in [2.45, 2.75) is 13.3 Å². The highest BCUT2D eigenvalue weighted by Gasteiger charge is 2.01. The molecule has 0 bridgehead atoms. The fourth-order valence-corrected chi connectivity index (χ4v) is 2.31. The van der Waals surface area contributed by atoms with Crippen LogP contribution in [0.2, 0.25) is 0 Å². The average Bonchev–Trinajstić information content (AvgIpc) is 2.46. The Morgan fingerprint density at radius 1 is 1.11 bits per heavy atom. The summed E-state index contributed by atoms with van der Waals surface area (Å²) in [5.41, 5.74) is 2.50. The molecule has 0 radical (unpaired) electrons. The number of para-hydroxylation sites is 1. The van der Waals surface area contributed by atoms with E-state index in [-0.39, 0.29) is 0 Å². The molecule has 0 aromatic heterocycles. The molecule has 3 heteroatoms. The Morgan fingerprint density at radius 2 is 1.89 bits per heavy atom. The minimum atomic E-state index is 0.656. The van der Waals surface area contributed by atoms with E-state index >= 15 is 0 Å².